The minimum absolute atomic E-state index is 0.192. The van der Waals surface area contributed by atoms with E-state index in [9.17, 15) is 18.0 Å². The van der Waals surface area contributed by atoms with Crippen molar-refractivity contribution in [1.82, 2.24) is 9.97 Å². The highest BCUT2D eigenvalue weighted by Gasteiger charge is 2.33. The summed E-state index contributed by atoms with van der Waals surface area (Å²) < 4.78 is 42.7. The van der Waals surface area contributed by atoms with Crippen LogP contribution >= 0.6 is 0 Å². The third-order valence-electron chi connectivity index (χ3n) is 4.02. The molecule has 1 aromatic rings. The van der Waals surface area contributed by atoms with Crippen molar-refractivity contribution in [3.63, 3.8) is 0 Å². The van der Waals surface area contributed by atoms with Crippen molar-refractivity contribution in [2.45, 2.75) is 64.7 Å². The number of ether oxygens (including phenoxy) is 1. The second kappa shape index (κ2) is 7.07. The predicted molar refractivity (Wildman–Crippen MR) is 82.0 cm³/mol. The van der Waals surface area contributed by atoms with Crippen molar-refractivity contribution in [3.05, 3.63) is 23.8 Å². The summed E-state index contributed by atoms with van der Waals surface area (Å²) >= 11 is 0. The monoisotopic (exact) mass is 344 g/mol. The largest absolute Gasteiger partial charge is 0.460 e. The van der Waals surface area contributed by atoms with Crippen LogP contribution in [0.25, 0.3) is 0 Å². The molecular weight excluding hydrogens is 321 g/mol. The van der Waals surface area contributed by atoms with Gasteiger partial charge in [0.25, 0.3) is 0 Å². The van der Waals surface area contributed by atoms with Gasteiger partial charge in [-0.1, -0.05) is 0 Å². The Labute approximate surface area is 139 Å². The van der Waals surface area contributed by atoms with Crippen molar-refractivity contribution in [2.24, 2.45) is 11.8 Å². The lowest BCUT2D eigenvalue weighted by molar-refractivity contribution is -0.156. The molecule has 0 spiro atoms. The van der Waals surface area contributed by atoms with Crippen LogP contribution < -0.4 is 0 Å². The molecule has 4 nitrogen and oxygen atoms in total. The van der Waals surface area contributed by atoms with E-state index < -0.39 is 17.5 Å². The fraction of sp³-hybridized carbons (Fsp3) is 0.706. The van der Waals surface area contributed by atoms with E-state index in [-0.39, 0.29) is 11.9 Å². The van der Waals surface area contributed by atoms with Crippen LogP contribution in [0.15, 0.2) is 12.4 Å². The molecule has 7 heteroatoms. The van der Waals surface area contributed by atoms with Crippen LogP contribution in [0, 0.1) is 11.8 Å². The summed E-state index contributed by atoms with van der Waals surface area (Å²) in [6.07, 6.45) is 1.24. The van der Waals surface area contributed by atoms with Crippen LogP contribution in [-0.2, 0) is 22.1 Å². The Kier molecular flexibility index (Phi) is 5.50. The third-order valence-corrected chi connectivity index (χ3v) is 4.02. The van der Waals surface area contributed by atoms with E-state index in [0.717, 1.165) is 25.5 Å². The molecule has 0 N–H and O–H groups in total. The number of aromatic nitrogens is 2. The smallest absolute Gasteiger partial charge is 0.434 e. The van der Waals surface area contributed by atoms with Gasteiger partial charge in [0.05, 0.1) is 11.9 Å². The van der Waals surface area contributed by atoms with Gasteiger partial charge in [-0.15, -0.1) is 0 Å². The van der Waals surface area contributed by atoms with Crippen LogP contribution in [0.3, 0.4) is 0 Å². The Bertz CT molecular complexity index is 565. The molecule has 1 aliphatic carbocycles. The minimum atomic E-state index is -4.46. The summed E-state index contributed by atoms with van der Waals surface area (Å²) in [6.45, 7) is 5.52. The highest BCUT2D eigenvalue weighted by Crippen LogP contribution is 2.35. The second-order valence-electron chi connectivity index (χ2n) is 7.43. The maximum absolute atomic E-state index is 12.5. The average Bonchev–Trinajstić information content (AvgIpc) is 2.83. The Morgan fingerprint density at radius 3 is 2.38 bits per heavy atom. The van der Waals surface area contributed by atoms with Crippen molar-refractivity contribution >= 4 is 5.97 Å². The van der Waals surface area contributed by atoms with E-state index in [4.69, 9.17) is 4.74 Å². The van der Waals surface area contributed by atoms with E-state index >= 15 is 0 Å². The van der Waals surface area contributed by atoms with Crippen LogP contribution in [0.2, 0.25) is 0 Å². The Hall–Kier alpha value is -1.66. The maximum Gasteiger partial charge on any atom is 0.434 e. The van der Waals surface area contributed by atoms with Gasteiger partial charge in [0.1, 0.15) is 5.60 Å². The Balaban J connectivity index is 1.82. The van der Waals surface area contributed by atoms with Gasteiger partial charge in [0.2, 0.25) is 0 Å². The zero-order valence-corrected chi connectivity index (χ0v) is 14.2. The van der Waals surface area contributed by atoms with Crippen LogP contribution in [0.1, 0.15) is 57.8 Å². The first kappa shape index (κ1) is 18.7. The zero-order valence-electron chi connectivity index (χ0n) is 14.2. The number of nitrogens with zero attached hydrogens (tertiary/aromatic N) is 2. The minimum Gasteiger partial charge on any atom is -0.460 e. The molecule has 2 atom stereocenters. The van der Waals surface area contributed by atoms with Gasteiger partial charge >= 0.3 is 12.1 Å². The lowest BCUT2D eigenvalue weighted by atomic mass is 9.98. The number of alkyl halides is 3. The highest BCUT2D eigenvalue weighted by atomic mass is 19.4. The first-order valence-electron chi connectivity index (χ1n) is 8.13. The molecule has 0 saturated heterocycles. The summed E-state index contributed by atoms with van der Waals surface area (Å²) in [7, 11) is 0. The van der Waals surface area contributed by atoms with E-state index in [0.29, 0.717) is 24.5 Å². The van der Waals surface area contributed by atoms with Crippen LogP contribution in [0.5, 0.6) is 0 Å². The fourth-order valence-electron chi connectivity index (χ4n) is 3.07. The number of carbonyl (C=O) groups is 1. The molecule has 0 bridgehead atoms. The topological polar surface area (TPSA) is 52.1 Å². The number of hydrogen-bond acceptors (Lipinski definition) is 4. The van der Waals surface area contributed by atoms with Crippen molar-refractivity contribution in [2.75, 3.05) is 0 Å². The summed E-state index contributed by atoms with van der Waals surface area (Å²) in [4.78, 5) is 19.2. The van der Waals surface area contributed by atoms with Gasteiger partial charge in [-0.2, -0.15) is 13.2 Å². The molecule has 0 amide bonds. The van der Waals surface area contributed by atoms with E-state index in [1.807, 2.05) is 20.8 Å². The van der Waals surface area contributed by atoms with Crippen LogP contribution in [-0.4, -0.2) is 21.5 Å². The molecular formula is C17H23F3N2O2. The van der Waals surface area contributed by atoms with Gasteiger partial charge < -0.3 is 4.74 Å². The van der Waals surface area contributed by atoms with Crippen LogP contribution in [0.4, 0.5) is 13.2 Å². The fourth-order valence-corrected chi connectivity index (χ4v) is 3.07. The maximum atomic E-state index is 12.5. The van der Waals surface area contributed by atoms with Gasteiger partial charge in [-0.05, 0) is 58.3 Å². The third kappa shape index (κ3) is 5.76. The zero-order chi connectivity index (χ0) is 18.0. The van der Waals surface area contributed by atoms with Crippen molar-refractivity contribution < 1.29 is 22.7 Å². The molecule has 1 fully saturated rings. The SMILES string of the molecule is CC(C)(C)OC(=O)C[C@@H]1CC[C@H](Cc2cnc(C(F)(F)F)cn2)C1. The molecule has 134 valence electrons. The second-order valence-corrected chi connectivity index (χ2v) is 7.43. The van der Waals surface area contributed by atoms with E-state index in [1.165, 1.54) is 6.20 Å². The molecule has 0 aromatic carbocycles. The predicted octanol–water partition coefficient (Wildman–Crippen LogP) is 4.19. The van der Waals surface area contributed by atoms with E-state index in [1.54, 1.807) is 0 Å². The first-order valence-corrected chi connectivity index (χ1v) is 8.13. The molecule has 0 aliphatic heterocycles. The number of esters is 1. The van der Waals surface area contributed by atoms with Crippen molar-refractivity contribution in [1.29, 1.82) is 0 Å². The molecule has 24 heavy (non-hydrogen) atoms. The first-order chi connectivity index (χ1) is 11.0. The summed E-state index contributed by atoms with van der Waals surface area (Å²) in [5.41, 5.74) is -0.892. The number of carbonyl (C=O) groups excluding carboxylic acids is 1. The Morgan fingerprint density at radius 1 is 1.17 bits per heavy atom. The van der Waals surface area contributed by atoms with Crippen molar-refractivity contribution in [3.8, 4) is 0 Å². The molecule has 0 unspecified atom stereocenters. The molecule has 0 radical (unpaired) electrons. The summed E-state index contributed by atoms with van der Waals surface area (Å²) in [5, 5.41) is 0. The standard InChI is InChI=1S/C17H23F3N2O2/c1-16(2,3)24-15(23)8-12-5-4-11(6-12)7-13-9-22-14(10-21-13)17(18,19)20/h9-12H,4-8H2,1-3H3/t11-,12+/m0/s1. The normalized spacial score (nSPS) is 21.8. The Morgan fingerprint density at radius 2 is 1.83 bits per heavy atom. The molecule has 1 saturated carbocycles. The van der Waals surface area contributed by atoms with Gasteiger partial charge in [-0.3, -0.25) is 9.78 Å². The summed E-state index contributed by atoms with van der Waals surface area (Å²) in [5.74, 6) is 0.401. The highest BCUT2D eigenvalue weighted by molar-refractivity contribution is 5.70. The number of rotatable bonds is 4. The molecule has 1 heterocycles. The summed E-state index contributed by atoms with van der Waals surface area (Å²) in [6, 6.07) is 0. The van der Waals surface area contributed by atoms with Gasteiger partial charge in [-0.25, -0.2) is 4.98 Å². The molecule has 2 rings (SSSR count). The number of halogens is 3. The average molecular weight is 344 g/mol. The lowest BCUT2D eigenvalue weighted by Crippen LogP contribution is -2.25. The molecule has 1 aliphatic rings. The van der Waals surface area contributed by atoms with Gasteiger partial charge in [0, 0.05) is 12.6 Å². The number of hydrogen-bond donors (Lipinski definition) is 0. The lowest BCUT2D eigenvalue weighted by Gasteiger charge is -2.20. The molecule has 1 aromatic heterocycles. The van der Waals surface area contributed by atoms with E-state index in [2.05, 4.69) is 9.97 Å². The quantitative estimate of drug-likeness (QED) is 0.769. The van der Waals surface area contributed by atoms with Gasteiger partial charge in [0.15, 0.2) is 5.69 Å².